The molecule has 0 bridgehead atoms. The molecule has 0 saturated heterocycles. The van der Waals surface area contributed by atoms with Crippen LogP contribution in [0.5, 0.6) is 0 Å². The molecule has 3 heteroatoms. The van der Waals surface area contributed by atoms with Gasteiger partial charge in [-0.15, -0.1) is 0 Å². The summed E-state index contributed by atoms with van der Waals surface area (Å²) in [5.74, 6) is 0. The Bertz CT molecular complexity index is 48.8. The van der Waals surface area contributed by atoms with Gasteiger partial charge in [-0.3, -0.25) is 0 Å². The molecule has 0 aliphatic heterocycles. The maximum absolute atomic E-state index is 10.1. The largest absolute Gasteiger partial charge is 0.311 e. The molecule has 0 atom stereocenters. The zero-order valence-electron chi connectivity index (χ0n) is 3.57. The minimum absolute atomic E-state index is 0.134. The zero-order chi connectivity index (χ0) is 4.99. The van der Waals surface area contributed by atoms with Crippen molar-refractivity contribution in [2.24, 2.45) is 0 Å². The summed E-state index contributed by atoms with van der Waals surface area (Å²) < 4.78 is 0. The third-order valence-corrected chi connectivity index (χ3v) is 1.01. The summed E-state index contributed by atoms with van der Waals surface area (Å²) in [7, 11) is 1.54. The minimum Gasteiger partial charge on any atom is -0.311 e. The fourth-order valence-electron chi connectivity index (χ4n) is 0.0772. The molecule has 0 rings (SSSR count). The Morgan fingerprint density at radius 3 is 2.50 bits per heavy atom. The van der Waals surface area contributed by atoms with E-state index in [1.54, 1.807) is 6.82 Å². The van der Waals surface area contributed by atoms with Crippen molar-refractivity contribution >= 4 is 28.9 Å². The van der Waals surface area contributed by atoms with Gasteiger partial charge in [-0.25, -0.2) is 0 Å². The number of alkyl halides is 1. The van der Waals surface area contributed by atoms with Gasteiger partial charge in [0.1, 0.15) is 0 Å². The van der Waals surface area contributed by atoms with Crippen molar-refractivity contribution < 1.29 is 4.79 Å². The van der Waals surface area contributed by atoms with Gasteiger partial charge in [0, 0.05) is 0 Å². The average molecular weight is 148 g/mol. The lowest BCUT2D eigenvalue weighted by Gasteiger charge is -1.78. The molecule has 0 N–H and O–H groups in total. The lowest BCUT2D eigenvalue weighted by atomic mass is 9.78. The van der Waals surface area contributed by atoms with E-state index in [9.17, 15) is 4.79 Å². The second-order valence-corrected chi connectivity index (χ2v) is 1.45. The predicted molar refractivity (Wildman–Crippen MR) is 30.4 cm³/mol. The number of halogens is 1. The molecule has 1 radical (unpaired) electrons. The molecule has 0 aromatic heterocycles. The van der Waals surface area contributed by atoms with Gasteiger partial charge in [-0.1, -0.05) is 22.8 Å². The van der Waals surface area contributed by atoms with Gasteiger partial charge in [0.25, 0.3) is 0 Å². The van der Waals surface area contributed by atoms with E-state index in [0.29, 0.717) is 5.33 Å². The van der Waals surface area contributed by atoms with E-state index in [4.69, 9.17) is 0 Å². The van der Waals surface area contributed by atoms with Gasteiger partial charge in [0.2, 0.25) is 0 Å². The van der Waals surface area contributed by atoms with E-state index in [1.165, 1.54) is 7.28 Å². The number of hydrogen-bond acceptors (Lipinski definition) is 1. The third kappa shape index (κ3) is 2.45. The van der Waals surface area contributed by atoms with Gasteiger partial charge < -0.3 is 4.79 Å². The maximum atomic E-state index is 10.1. The molecular weight excluding hydrogens is 143 g/mol. The first-order chi connectivity index (χ1) is 2.81. The molecule has 1 nitrogen and oxygen atoms in total. The fourth-order valence-corrected chi connectivity index (χ4v) is 0.401. The summed E-state index contributed by atoms with van der Waals surface area (Å²) in [6, 6.07) is 0. The van der Waals surface area contributed by atoms with Crippen LogP contribution in [0.3, 0.4) is 0 Å². The molecule has 0 aromatic carbocycles. The highest BCUT2D eigenvalue weighted by Crippen LogP contribution is 1.77. The van der Waals surface area contributed by atoms with Crippen LogP contribution in [-0.4, -0.2) is 18.3 Å². The first kappa shape index (κ1) is 6.21. The lowest BCUT2D eigenvalue weighted by molar-refractivity contribution is -0.109. The molecule has 0 aromatic rings. The summed E-state index contributed by atoms with van der Waals surface area (Å²) >= 11 is 2.99. The minimum atomic E-state index is 0.134. The van der Waals surface area contributed by atoms with E-state index < -0.39 is 0 Å². The van der Waals surface area contributed by atoms with E-state index in [2.05, 4.69) is 15.9 Å². The first-order valence-corrected chi connectivity index (χ1v) is 2.81. The second kappa shape index (κ2) is 3.41. The molecule has 0 amide bonds. The van der Waals surface area contributed by atoms with Crippen LogP contribution in [0.15, 0.2) is 0 Å². The number of hydrogen-bond donors (Lipinski definition) is 0. The Morgan fingerprint density at radius 2 is 2.50 bits per heavy atom. The van der Waals surface area contributed by atoms with Crippen LogP contribution in [0, 0.1) is 0 Å². The molecule has 0 spiro atoms. The van der Waals surface area contributed by atoms with E-state index in [1.807, 2.05) is 0 Å². The number of rotatable bonds is 2. The highest BCUT2D eigenvalue weighted by atomic mass is 79.9. The van der Waals surface area contributed by atoms with E-state index in [-0.39, 0.29) is 5.68 Å². The van der Waals surface area contributed by atoms with Crippen LogP contribution in [0.1, 0.15) is 0 Å². The average Bonchev–Trinajstić information content (AvgIpc) is 1.65. The summed E-state index contributed by atoms with van der Waals surface area (Å²) in [5, 5.41) is 0.448. The highest BCUT2D eigenvalue weighted by Gasteiger charge is 1.90. The van der Waals surface area contributed by atoms with Crippen LogP contribution in [0.25, 0.3) is 0 Å². The number of carbonyl (C=O) groups excluding carboxylic acids is 1. The fraction of sp³-hybridized carbons (Fsp3) is 0.667. The van der Waals surface area contributed by atoms with Crippen molar-refractivity contribution in [2.45, 2.75) is 6.82 Å². The smallest absolute Gasteiger partial charge is 0.200 e. The standard InChI is InChI=1S/C3H5BBrO/c1-4-3(6)2-5/h2H2,1H3. The highest BCUT2D eigenvalue weighted by molar-refractivity contribution is 9.09. The quantitative estimate of drug-likeness (QED) is 0.415. The van der Waals surface area contributed by atoms with Crippen LogP contribution in [-0.2, 0) is 4.79 Å². The Hall–Kier alpha value is 0.215. The molecule has 33 valence electrons. The van der Waals surface area contributed by atoms with Crippen LogP contribution in [0.4, 0.5) is 0 Å². The van der Waals surface area contributed by atoms with Crippen molar-refractivity contribution in [1.29, 1.82) is 0 Å². The molecule has 0 aliphatic carbocycles. The molecule has 6 heavy (non-hydrogen) atoms. The van der Waals surface area contributed by atoms with Crippen molar-refractivity contribution in [1.82, 2.24) is 0 Å². The Balaban J connectivity index is 2.99. The predicted octanol–water partition coefficient (Wildman–Crippen LogP) is 0.660. The molecule has 0 aliphatic rings. The van der Waals surface area contributed by atoms with Crippen LogP contribution < -0.4 is 0 Å². The molecule has 0 unspecified atom stereocenters. The van der Waals surface area contributed by atoms with Crippen molar-refractivity contribution in [3.63, 3.8) is 0 Å². The van der Waals surface area contributed by atoms with E-state index >= 15 is 0 Å². The van der Waals surface area contributed by atoms with Crippen molar-refractivity contribution in [3.8, 4) is 0 Å². The van der Waals surface area contributed by atoms with Gasteiger partial charge in [-0.05, 0) is 0 Å². The zero-order valence-corrected chi connectivity index (χ0v) is 5.16. The first-order valence-electron chi connectivity index (χ1n) is 1.69. The third-order valence-electron chi connectivity index (χ3n) is 0.454. The molecular formula is C3H5BBrO. The van der Waals surface area contributed by atoms with Gasteiger partial charge in [0.05, 0.1) is 11.0 Å². The van der Waals surface area contributed by atoms with Crippen LogP contribution >= 0.6 is 15.9 Å². The summed E-state index contributed by atoms with van der Waals surface area (Å²) in [4.78, 5) is 10.1. The number of carbonyl (C=O) groups is 1. The van der Waals surface area contributed by atoms with Crippen LogP contribution in [0.2, 0.25) is 6.82 Å². The Labute approximate surface area is 46.5 Å². The maximum Gasteiger partial charge on any atom is 0.200 e. The summed E-state index contributed by atoms with van der Waals surface area (Å²) in [6.45, 7) is 1.73. The summed E-state index contributed by atoms with van der Waals surface area (Å²) in [6.07, 6.45) is 0. The SMILES string of the molecule is C[B]C(=O)CBr. The topological polar surface area (TPSA) is 17.1 Å². The van der Waals surface area contributed by atoms with Crippen molar-refractivity contribution in [3.05, 3.63) is 0 Å². The normalized spacial score (nSPS) is 7.67. The molecule has 0 heterocycles. The van der Waals surface area contributed by atoms with E-state index in [0.717, 1.165) is 0 Å². The lowest BCUT2D eigenvalue weighted by Crippen LogP contribution is -2.04. The molecule has 0 saturated carbocycles. The molecule has 0 fully saturated rings. The van der Waals surface area contributed by atoms with Gasteiger partial charge in [0.15, 0.2) is 7.28 Å². The Morgan fingerprint density at radius 1 is 2.00 bits per heavy atom. The van der Waals surface area contributed by atoms with Gasteiger partial charge >= 0.3 is 0 Å². The second-order valence-electron chi connectivity index (χ2n) is 0.889. The summed E-state index contributed by atoms with van der Waals surface area (Å²) in [5.41, 5.74) is 0.134. The Kier molecular flexibility index (Phi) is 3.53. The van der Waals surface area contributed by atoms with Crippen molar-refractivity contribution in [2.75, 3.05) is 5.33 Å². The monoisotopic (exact) mass is 147 g/mol. The van der Waals surface area contributed by atoms with Gasteiger partial charge in [-0.2, -0.15) is 0 Å².